The predicted molar refractivity (Wildman–Crippen MR) is 136 cm³/mol. The molecule has 0 spiro atoms. The number of carbonyl (C=O) groups is 2. The standard InChI is InChI=1S/C31H42O5/c1-20(32)31-16-14-25-24(26(31)11-12-27(31)30(3)34-17-18-35-30)10-9-22-19-23(13-15-29(22,25)2)36-28(33)21-7-5-4-6-8-21/h4-8,22-27H,9-19H2,1-3H3/t22-,23+,24?,25?,26?,27-,29+,31-/m1/s1. The number of rotatable bonds is 4. The Balaban J connectivity index is 1.19. The number of Topliss-reactive ketones (excluding diaryl/α,β-unsaturated/α-hetero) is 1. The summed E-state index contributed by atoms with van der Waals surface area (Å²) < 4.78 is 18.3. The second-order valence-electron chi connectivity index (χ2n) is 12.8. The molecule has 5 fully saturated rings. The minimum atomic E-state index is -0.616. The van der Waals surface area contributed by atoms with Crippen LogP contribution in [0.25, 0.3) is 0 Å². The third kappa shape index (κ3) is 3.63. The topological polar surface area (TPSA) is 61.8 Å². The van der Waals surface area contributed by atoms with Crippen LogP contribution in [0.2, 0.25) is 0 Å². The van der Waals surface area contributed by atoms with Gasteiger partial charge in [-0.2, -0.15) is 0 Å². The molecule has 4 saturated carbocycles. The van der Waals surface area contributed by atoms with Gasteiger partial charge in [-0.3, -0.25) is 4.79 Å². The number of ketones is 1. The van der Waals surface area contributed by atoms with Gasteiger partial charge in [-0.05, 0) is 113 Å². The normalized spacial score (nSPS) is 43.2. The van der Waals surface area contributed by atoms with Crippen LogP contribution < -0.4 is 0 Å². The molecule has 0 radical (unpaired) electrons. The molecule has 0 bridgehead atoms. The lowest BCUT2D eigenvalue weighted by molar-refractivity contribution is -0.220. The minimum Gasteiger partial charge on any atom is -0.459 e. The molecule has 5 nitrogen and oxygen atoms in total. The quantitative estimate of drug-likeness (QED) is 0.466. The summed E-state index contributed by atoms with van der Waals surface area (Å²) in [5.41, 5.74) is 0.609. The smallest absolute Gasteiger partial charge is 0.338 e. The zero-order chi connectivity index (χ0) is 25.1. The summed E-state index contributed by atoms with van der Waals surface area (Å²) in [5.74, 6) is 1.99. The van der Waals surface area contributed by atoms with Gasteiger partial charge in [-0.15, -0.1) is 0 Å². The van der Waals surface area contributed by atoms with Crippen molar-refractivity contribution < 1.29 is 23.8 Å². The van der Waals surface area contributed by atoms with Gasteiger partial charge >= 0.3 is 5.97 Å². The number of hydrogen-bond donors (Lipinski definition) is 0. The van der Waals surface area contributed by atoms with E-state index in [1.807, 2.05) is 37.3 Å². The van der Waals surface area contributed by atoms with E-state index >= 15 is 0 Å². The molecule has 4 aliphatic carbocycles. The van der Waals surface area contributed by atoms with E-state index < -0.39 is 5.79 Å². The van der Waals surface area contributed by atoms with Gasteiger partial charge in [0, 0.05) is 11.3 Å². The molecule has 1 aliphatic heterocycles. The Hall–Kier alpha value is -1.72. The second-order valence-corrected chi connectivity index (χ2v) is 12.8. The van der Waals surface area contributed by atoms with Crippen molar-refractivity contribution >= 4 is 11.8 Å². The van der Waals surface area contributed by atoms with E-state index in [2.05, 4.69) is 13.8 Å². The highest BCUT2D eigenvalue weighted by atomic mass is 16.7. The van der Waals surface area contributed by atoms with Crippen molar-refractivity contribution in [3.8, 4) is 0 Å². The summed E-state index contributed by atoms with van der Waals surface area (Å²) in [6, 6.07) is 9.37. The van der Waals surface area contributed by atoms with Crippen LogP contribution in [0.15, 0.2) is 30.3 Å². The van der Waals surface area contributed by atoms with Gasteiger partial charge in [0.1, 0.15) is 11.9 Å². The summed E-state index contributed by atoms with van der Waals surface area (Å²) in [5, 5.41) is 0. The van der Waals surface area contributed by atoms with Gasteiger partial charge in [0.25, 0.3) is 0 Å². The summed E-state index contributed by atoms with van der Waals surface area (Å²) in [7, 11) is 0. The third-order valence-corrected chi connectivity index (χ3v) is 11.6. The first-order chi connectivity index (χ1) is 17.3. The van der Waals surface area contributed by atoms with Gasteiger partial charge in [0.15, 0.2) is 5.79 Å². The van der Waals surface area contributed by atoms with Crippen LogP contribution in [-0.4, -0.2) is 36.9 Å². The van der Waals surface area contributed by atoms with E-state index in [9.17, 15) is 9.59 Å². The van der Waals surface area contributed by atoms with Crippen LogP contribution in [0.3, 0.4) is 0 Å². The minimum absolute atomic E-state index is 0.0136. The number of esters is 1. The van der Waals surface area contributed by atoms with Crippen LogP contribution in [-0.2, 0) is 19.0 Å². The number of carbonyl (C=O) groups excluding carboxylic acids is 2. The molecule has 1 heterocycles. The first kappa shape index (κ1) is 24.6. The molecule has 196 valence electrons. The van der Waals surface area contributed by atoms with Crippen molar-refractivity contribution in [1.82, 2.24) is 0 Å². The van der Waals surface area contributed by atoms with Crippen molar-refractivity contribution in [1.29, 1.82) is 0 Å². The molecular formula is C31H42O5. The molecule has 6 rings (SSSR count). The summed E-state index contributed by atoms with van der Waals surface area (Å²) in [6.45, 7) is 7.70. The maximum atomic E-state index is 13.5. The van der Waals surface area contributed by atoms with Gasteiger partial charge in [0.2, 0.25) is 0 Å². The Bertz CT molecular complexity index is 999. The second kappa shape index (κ2) is 8.94. The molecule has 1 aromatic rings. The zero-order valence-corrected chi connectivity index (χ0v) is 22.2. The molecule has 8 atom stereocenters. The summed E-state index contributed by atoms with van der Waals surface area (Å²) >= 11 is 0. The monoisotopic (exact) mass is 494 g/mol. The molecule has 0 N–H and O–H groups in total. The Morgan fingerprint density at radius 2 is 1.64 bits per heavy atom. The van der Waals surface area contributed by atoms with Crippen LogP contribution in [0.5, 0.6) is 0 Å². The summed E-state index contributed by atoms with van der Waals surface area (Å²) in [6.07, 6.45) is 9.64. The van der Waals surface area contributed by atoms with Gasteiger partial charge in [-0.25, -0.2) is 4.79 Å². The van der Waals surface area contributed by atoms with E-state index in [0.29, 0.717) is 48.2 Å². The first-order valence-electron chi connectivity index (χ1n) is 14.3. The van der Waals surface area contributed by atoms with Crippen molar-refractivity contribution in [2.45, 2.75) is 90.4 Å². The Morgan fingerprint density at radius 3 is 2.36 bits per heavy atom. The highest BCUT2D eigenvalue weighted by Gasteiger charge is 2.67. The van der Waals surface area contributed by atoms with Crippen molar-refractivity contribution in [3.63, 3.8) is 0 Å². The molecule has 0 amide bonds. The Labute approximate surface area is 215 Å². The molecule has 0 aromatic heterocycles. The lowest BCUT2D eigenvalue weighted by Crippen LogP contribution is -2.58. The van der Waals surface area contributed by atoms with Gasteiger partial charge in [0.05, 0.1) is 18.8 Å². The van der Waals surface area contributed by atoms with Crippen LogP contribution in [0, 0.1) is 40.4 Å². The van der Waals surface area contributed by atoms with E-state index in [1.165, 1.54) is 12.8 Å². The molecule has 36 heavy (non-hydrogen) atoms. The number of fused-ring (bicyclic) bond motifs is 5. The van der Waals surface area contributed by atoms with Gasteiger partial charge in [-0.1, -0.05) is 25.1 Å². The first-order valence-corrected chi connectivity index (χ1v) is 14.3. The SMILES string of the molecule is CC(=O)[C@]12CCC3C(CC[C@@H]4C[C@@H](OC(=O)c5ccccc5)CC[C@]34C)C1CC[C@@H]2C1(C)OCCO1. The Kier molecular flexibility index (Phi) is 6.11. The van der Waals surface area contributed by atoms with E-state index in [4.69, 9.17) is 14.2 Å². The molecule has 1 saturated heterocycles. The third-order valence-electron chi connectivity index (χ3n) is 11.6. The average Bonchev–Trinajstić information content (AvgIpc) is 3.50. The lowest BCUT2D eigenvalue weighted by atomic mass is 9.43. The fourth-order valence-electron chi connectivity index (χ4n) is 9.94. The van der Waals surface area contributed by atoms with E-state index in [-0.39, 0.29) is 28.8 Å². The molecule has 1 aromatic carbocycles. The fraction of sp³-hybridized carbons (Fsp3) is 0.742. The van der Waals surface area contributed by atoms with Crippen LogP contribution in [0.1, 0.15) is 88.9 Å². The van der Waals surface area contributed by atoms with Crippen molar-refractivity contribution in [2.24, 2.45) is 40.4 Å². The van der Waals surface area contributed by atoms with Crippen molar-refractivity contribution in [2.75, 3.05) is 13.2 Å². The van der Waals surface area contributed by atoms with Crippen LogP contribution >= 0.6 is 0 Å². The lowest BCUT2D eigenvalue weighted by Gasteiger charge is -2.61. The number of hydrogen-bond acceptors (Lipinski definition) is 5. The molecule has 3 unspecified atom stereocenters. The van der Waals surface area contributed by atoms with E-state index in [1.54, 1.807) is 0 Å². The van der Waals surface area contributed by atoms with E-state index in [0.717, 1.165) is 44.9 Å². The number of benzene rings is 1. The predicted octanol–water partition coefficient (Wildman–Crippen LogP) is 6.20. The van der Waals surface area contributed by atoms with Gasteiger partial charge < -0.3 is 14.2 Å². The highest BCUT2D eigenvalue weighted by molar-refractivity contribution is 5.89. The largest absolute Gasteiger partial charge is 0.459 e. The average molecular weight is 495 g/mol. The molecule has 5 heteroatoms. The highest BCUT2D eigenvalue weighted by Crippen LogP contribution is 2.69. The fourth-order valence-corrected chi connectivity index (χ4v) is 9.94. The van der Waals surface area contributed by atoms with Crippen molar-refractivity contribution in [3.05, 3.63) is 35.9 Å². The van der Waals surface area contributed by atoms with Crippen LogP contribution in [0.4, 0.5) is 0 Å². The zero-order valence-electron chi connectivity index (χ0n) is 22.2. The maximum Gasteiger partial charge on any atom is 0.338 e. The molecular weight excluding hydrogens is 452 g/mol. The summed E-state index contributed by atoms with van der Waals surface area (Å²) in [4.78, 5) is 26.1. The Morgan fingerprint density at radius 1 is 0.889 bits per heavy atom. The number of ether oxygens (including phenoxy) is 3. The molecule has 5 aliphatic rings. The maximum absolute atomic E-state index is 13.5.